The van der Waals surface area contributed by atoms with E-state index in [1.165, 1.54) is 0 Å². The molecule has 2 N–H and O–H groups in total. The number of hydrogen-bond acceptors (Lipinski definition) is 4. The van der Waals surface area contributed by atoms with E-state index >= 15 is 0 Å². The molecule has 132 valence electrons. The van der Waals surface area contributed by atoms with Crippen LogP contribution in [0.25, 0.3) is 0 Å². The second-order valence-electron chi connectivity index (χ2n) is 6.32. The van der Waals surface area contributed by atoms with Crippen LogP contribution in [0.4, 0.5) is 0 Å². The topological polar surface area (TPSA) is 84.9 Å². The first-order chi connectivity index (χ1) is 11.5. The van der Waals surface area contributed by atoms with Crippen LogP contribution >= 0.6 is 0 Å². The molecular formula is C18H25NO5. The van der Waals surface area contributed by atoms with Crippen molar-refractivity contribution >= 4 is 11.9 Å². The Morgan fingerprint density at radius 1 is 1.33 bits per heavy atom. The Balaban J connectivity index is 1.96. The van der Waals surface area contributed by atoms with E-state index in [4.69, 9.17) is 9.47 Å². The Morgan fingerprint density at radius 2 is 2.04 bits per heavy atom. The number of carboxylic acids is 1. The summed E-state index contributed by atoms with van der Waals surface area (Å²) in [4.78, 5) is 23.7. The molecule has 1 aliphatic heterocycles. The summed E-state index contributed by atoms with van der Waals surface area (Å²) >= 11 is 0. The molecule has 1 unspecified atom stereocenters. The zero-order valence-corrected chi connectivity index (χ0v) is 14.2. The molecule has 0 aromatic heterocycles. The summed E-state index contributed by atoms with van der Waals surface area (Å²) in [6.45, 7) is 4.95. The molecule has 1 aliphatic rings. The van der Waals surface area contributed by atoms with Gasteiger partial charge in [0.15, 0.2) is 0 Å². The normalized spacial score (nSPS) is 16.6. The van der Waals surface area contributed by atoms with E-state index in [1.807, 2.05) is 38.1 Å². The first kappa shape index (κ1) is 18.3. The van der Waals surface area contributed by atoms with Gasteiger partial charge in [0, 0.05) is 13.2 Å². The van der Waals surface area contributed by atoms with E-state index in [-0.39, 0.29) is 24.3 Å². The minimum atomic E-state index is -0.993. The number of carboxylic acid groups (broad SMARTS) is 1. The van der Waals surface area contributed by atoms with Gasteiger partial charge in [0.25, 0.3) is 0 Å². The lowest BCUT2D eigenvalue weighted by Gasteiger charge is -2.28. The molecule has 1 aromatic rings. The van der Waals surface area contributed by atoms with E-state index in [2.05, 4.69) is 5.32 Å². The Bertz CT molecular complexity index is 566. The highest BCUT2D eigenvalue weighted by molar-refractivity contribution is 5.85. The first-order valence-electron chi connectivity index (χ1n) is 8.31. The summed E-state index contributed by atoms with van der Waals surface area (Å²) in [5.41, 5.74) is 0.793. The summed E-state index contributed by atoms with van der Waals surface area (Å²) in [6, 6.07) is 6.44. The van der Waals surface area contributed by atoms with Gasteiger partial charge in [-0.3, -0.25) is 4.79 Å². The van der Waals surface area contributed by atoms with Gasteiger partial charge in [-0.1, -0.05) is 12.1 Å². The van der Waals surface area contributed by atoms with Crippen molar-refractivity contribution in [3.8, 4) is 5.75 Å². The maximum absolute atomic E-state index is 12.3. The van der Waals surface area contributed by atoms with E-state index in [9.17, 15) is 14.7 Å². The fourth-order valence-electron chi connectivity index (χ4n) is 2.84. The summed E-state index contributed by atoms with van der Waals surface area (Å²) in [5.74, 6) is -0.673. The lowest BCUT2D eigenvalue weighted by Crippen LogP contribution is -2.48. The Hall–Kier alpha value is -2.08. The van der Waals surface area contributed by atoms with Gasteiger partial charge in [-0.05, 0) is 50.3 Å². The van der Waals surface area contributed by atoms with E-state index in [0.717, 1.165) is 5.56 Å². The second kappa shape index (κ2) is 8.68. The molecule has 1 saturated heterocycles. The molecule has 1 fully saturated rings. The van der Waals surface area contributed by atoms with Crippen LogP contribution in [0.1, 0.15) is 32.3 Å². The molecule has 6 heteroatoms. The lowest BCUT2D eigenvalue weighted by atomic mass is 9.91. The van der Waals surface area contributed by atoms with Crippen molar-refractivity contribution in [2.75, 3.05) is 13.2 Å². The molecule has 1 atom stereocenters. The Morgan fingerprint density at radius 3 is 2.67 bits per heavy atom. The van der Waals surface area contributed by atoms with E-state index in [1.54, 1.807) is 0 Å². The molecule has 24 heavy (non-hydrogen) atoms. The number of nitrogens with one attached hydrogen (secondary N) is 1. The third kappa shape index (κ3) is 5.53. The molecule has 1 heterocycles. The number of rotatable bonds is 7. The molecule has 1 amide bonds. The van der Waals surface area contributed by atoms with Gasteiger partial charge >= 0.3 is 5.97 Å². The summed E-state index contributed by atoms with van der Waals surface area (Å²) < 4.78 is 10.9. The first-order valence-corrected chi connectivity index (χ1v) is 8.31. The standard InChI is InChI=1S/C18H25NO5/c1-12(2)24-15-5-3-4-13(10-15)11-16(20)19-17(18(21)22)14-6-8-23-9-7-14/h3-5,10,12,14,17H,6-9,11H2,1-2H3,(H,19,20)(H,21,22). The lowest BCUT2D eigenvalue weighted by molar-refractivity contribution is -0.144. The quantitative estimate of drug-likeness (QED) is 0.796. The fraction of sp³-hybridized carbons (Fsp3) is 0.556. The predicted octanol–water partition coefficient (Wildman–Crippen LogP) is 2.01. The largest absolute Gasteiger partial charge is 0.491 e. The average Bonchev–Trinajstić information content (AvgIpc) is 2.53. The molecule has 6 nitrogen and oxygen atoms in total. The number of aliphatic carboxylic acids is 1. The highest BCUT2D eigenvalue weighted by Gasteiger charge is 2.30. The van der Waals surface area contributed by atoms with Gasteiger partial charge in [-0.15, -0.1) is 0 Å². The van der Waals surface area contributed by atoms with Crippen molar-refractivity contribution in [3.05, 3.63) is 29.8 Å². The van der Waals surface area contributed by atoms with Gasteiger partial charge in [-0.25, -0.2) is 4.79 Å². The van der Waals surface area contributed by atoms with Crippen LogP contribution < -0.4 is 10.1 Å². The Kier molecular flexibility index (Phi) is 6.61. The van der Waals surface area contributed by atoms with Crippen LogP contribution in [-0.4, -0.2) is 42.3 Å². The van der Waals surface area contributed by atoms with Gasteiger partial charge in [0.05, 0.1) is 12.5 Å². The van der Waals surface area contributed by atoms with Crippen LogP contribution in [0.2, 0.25) is 0 Å². The molecule has 2 rings (SSSR count). The fourth-order valence-corrected chi connectivity index (χ4v) is 2.84. The van der Waals surface area contributed by atoms with Gasteiger partial charge in [0.2, 0.25) is 5.91 Å². The number of carbonyl (C=O) groups is 2. The molecule has 0 aliphatic carbocycles. The highest BCUT2D eigenvalue weighted by Crippen LogP contribution is 2.20. The summed E-state index contributed by atoms with van der Waals surface area (Å²) in [7, 11) is 0. The number of hydrogen-bond donors (Lipinski definition) is 2. The predicted molar refractivity (Wildman–Crippen MR) is 89.0 cm³/mol. The van der Waals surface area contributed by atoms with Crippen LogP contribution in [0.15, 0.2) is 24.3 Å². The van der Waals surface area contributed by atoms with Gasteiger partial charge in [0.1, 0.15) is 11.8 Å². The molecule has 0 bridgehead atoms. The van der Waals surface area contributed by atoms with Crippen LogP contribution in [-0.2, 0) is 20.7 Å². The minimum absolute atomic E-state index is 0.0546. The highest BCUT2D eigenvalue weighted by atomic mass is 16.5. The number of ether oxygens (including phenoxy) is 2. The second-order valence-corrected chi connectivity index (χ2v) is 6.32. The van der Waals surface area contributed by atoms with Crippen molar-refractivity contribution in [2.45, 2.75) is 45.3 Å². The monoisotopic (exact) mass is 335 g/mol. The van der Waals surface area contributed by atoms with Crippen molar-refractivity contribution in [2.24, 2.45) is 5.92 Å². The van der Waals surface area contributed by atoms with Crippen molar-refractivity contribution in [1.82, 2.24) is 5.32 Å². The van der Waals surface area contributed by atoms with Crippen LogP contribution in [0.3, 0.4) is 0 Å². The van der Waals surface area contributed by atoms with Crippen molar-refractivity contribution in [1.29, 1.82) is 0 Å². The summed E-state index contributed by atoms with van der Waals surface area (Å²) in [5, 5.41) is 12.1. The van der Waals surface area contributed by atoms with Crippen molar-refractivity contribution in [3.63, 3.8) is 0 Å². The number of amides is 1. The van der Waals surface area contributed by atoms with Crippen LogP contribution in [0, 0.1) is 5.92 Å². The molecule has 0 saturated carbocycles. The molecular weight excluding hydrogens is 310 g/mol. The average molecular weight is 335 g/mol. The van der Waals surface area contributed by atoms with Crippen LogP contribution in [0.5, 0.6) is 5.75 Å². The van der Waals surface area contributed by atoms with Gasteiger partial charge in [-0.2, -0.15) is 0 Å². The van der Waals surface area contributed by atoms with Gasteiger partial charge < -0.3 is 19.9 Å². The molecule has 0 radical (unpaired) electrons. The zero-order valence-electron chi connectivity index (χ0n) is 14.2. The van der Waals surface area contributed by atoms with Crippen molar-refractivity contribution < 1.29 is 24.2 Å². The Labute approximate surface area is 142 Å². The SMILES string of the molecule is CC(C)Oc1cccc(CC(=O)NC(C(=O)O)C2CCOCC2)c1. The summed E-state index contributed by atoms with van der Waals surface area (Å²) in [6.07, 6.45) is 1.48. The zero-order chi connectivity index (χ0) is 17.5. The number of benzene rings is 1. The number of carbonyl (C=O) groups excluding carboxylic acids is 1. The minimum Gasteiger partial charge on any atom is -0.491 e. The van der Waals surface area contributed by atoms with E-state index in [0.29, 0.717) is 31.8 Å². The van der Waals surface area contributed by atoms with E-state index < -0.39 is 12.0 Å². The third-order valence-electron chi connectivity index (χ3n) is 3.95. The third-order valence-corrected chi connectivity index (χ3v) is 3.95. The smallest absolute Gasteiger partial charge is 0.326 e. The molecule has 1 aromatic carbocycles. The molecule has 0 spiro atoms. The maximum atomic E-state index is 12.3. The maximum Gasteiger partial charge on any atom is 0.326 e.